The van der Waals surface area contributed by atoms with Crippen LogP contribution in [0.1, 0.15) is 24.8 Å². The Balaban J connectivity index is 1.29. The summed E-state index contributed by atoms with van der Waals surface area (Å²) in [5.74, 6) is 0.474. The van der Waals surface area contributed by atoms with Gasteiger partial charge in [-0.25, -0.2) is 0 Å². The summed E-state index contributed by atoms with van der Waals surface area (Å²) < 4.78 is 5.18. The molecule has 3 aliphatic rings. The van der Waals surface area contributed by atoms with E-state index in [1.54, 1.807) is 7.11 Å². The van der Waals surface area contributed by atoms with Crippen LogP contribution in [0.2, 0.25) is 0 Å². The van der Waals surface area contributed by atoms with E-state index in [0.717, 1.165) is 30.8 Å². The van der Waals surface area contributed by atoms with Crippen molar-refractivity contribution in [1.82, 2.24) is 14.7 Å². The first-order chi connectivity index (χ1) is 13.6. The lowest BCUT2D eigenvalue weighted by Crippen LogP contribution is -2.38. The Bertz CT molecular complexity index is 739. The molecule has 0 radical (unpaired) electrons. The number of nitrogens with zero attached hydrogens (tertiary/aromatic N) is 3. The van der Waals surface area contributed by atoms with Crippen molar-refractivity contribution in [2.45, 2.75) is 25.8 Å². The van der Waals surface area contributed by atoms with Crippen molar-refractivity contribution in [2.24, 2.45) is 11.8 Å². The SMILES string of the molecule is COc1ccc(CN2CC3C(=O)N(CCCN4CCCC4=O)C(=O)C3C2)cc1. The molecule has 0 saturated carbocycles. The zero-order valence-corrected chi connectivity index (χ0v) is 16.3. The molecular weight excluding hydrogens is 358 g/mol. The fourth-order valence-electron chi connectivity index (χ4n) is 4.59. The third-order valence-electron chi connectivity index (χ3n) is 6.11. The quantitative estimate of drug-likeness (QED) is 0.658. The second kappa shape index (κ2) is 7.91. The van der Waals surface area contributed by atoms with Crippen molar-refractivity contribution in [3.63, 3.8) is 0 Å². The Hall–Kier alpha value is -2.41. The summed E-state index contributed by atoms with van der Waals surface area (Å²) in [6, 6.07) is 7.88. The second-order valence-corrected chi connectivity index (χ2v) is 7.92. The van der Waals surface area contributed by atoms with Gasteiger partial charge in [-0.3, -0.25) is 24.2 Å². The van der Waals surface area contributed by atoms with Gasteiger partial charge >= 0.3 is 0 Å². The predicted octanol–water partition coefficient (Wildman–Crippen LogP) is 1.12. The number of ether oxygens (including phenoxy) is 1. The molecule has 1 aromatic carbocycles. The number of rotatable bonds is 7. The van der Waals surface area contributed by atoms with Gasteiger partial charge in [0.1, 0.15) is 5.75 Å². The maximum Gasteiger partial charge on any atom is 0.234 e. The minimum Gasteiger partial charge on any atom is -0.497 e. The Morgan fingerprint density at radius 3 is 2.25 bits per heavy atom. The third kappa shape index (κ3) is 3.63. The first-order valence-electron chi connectivity index (χ1n) is 10.0. The summed E-state index contributed by atoms with van der Waals surface area (Å²) in [5.41, 5.74) is 1.15. The lowest BCUT2D eigenvalue weighted by Gasteiger charge is -2.22. The monoisotopic (exact) mass is 385 g/mol. The summed E-state index contributed by atoms with van der Waals surface area (Å²) in [4.78, 5) is 42.6. The largest absolute Gasteiger partial charge is 0.497 e. The number of amides is 3. The number of imide groups is 1. The normalized spacial score (nSPS) is 25.1. The Labute approximate surface area is 165 Å². The topological polar surface area (TPSA) is 70.2 Å². The first-order valence-corrected chi connectivity index (χ1v) is 10.0. The van der Waals surface area contributed by atoms with Gasteiger partial charge in [-0.05, 0) is 30.5 Å². The molecule has 0 bridgehead atoms. The lowest BCUT2D eigenvalue weighted by atomic mass is 10.00. The van der Waals surface area contributed by atoms with E-state index < -0.39 is 0 Å². The zero-order valence-electron chi connectivity index (χ0n) is 16.3. The summed E-state index contributed by atoms with van der Waals surface area (Å²) in [6.07, 6.45) is 2.20. The van der Waals surface area contributed by atoms with Crippen molar-refractivity contribution >= 4 is 17.7 Å². The van der Waals surface area contributed by atoms with Gasteiger partial charge in [0.05, 0.1) is 18.9 Å². The molecule has 0 N–H and O–H groups in total. The molecule has 3 fully saturated rings. The van der Waals surface area contributed by atoms with E-state index in [-0.39, 0.29) is 29.6 Å². The number of likely N-dealkylation sites (tertiary alicyclic amines) is 3. The smallest absolute Gasteiger partial charge is 0.234 e. The maximum atomic E-state index is 12.8. The van der Waals surface area contributed by atoms with Crippen LogP contribution in [-0.4, -0.2) is 72.3 Å². The van der Waals surface area contributed by atoms with E-state index in [1.165, 1.54) is 4.90 Å². The minimum absolute atomic E-state index is 0.0417. The predicted molar refractivity (Wildman–Crippen MR) is 102 cm³/mol. The number of carbonyl (C=O) groups is 3. The van der Waals surface area contributed by atoms with E-state index in [2.05, 4.69) is 4.90 Å². The molecule has 28 heavy (non-hydrogen) atoms. The van der Waals surface area contributed by atoms with E-state index in [9.17, 15) is 14.4 Å². The van der Waals surface area contributed by atoms with Gasteiger partial charge in [0.2, 0.25) is 17.7 Å². The minimum atomic E-state index is -0.223. The van der Waals surface area contributed by atoms with Crippen molar-refractivity contribution in [2.75, 3.05) is 39.8 Å². The van der Waals surface area contributed by atoms with E-state index in [4.69, 9.17) is 4.74 Å². The van der Waals surface area contributed by atoms with Gasteiger partial charge in [-0.1, -0.05) is 12.1 Å². The summed E-state index contributed by atoms with van der Waals surface area (Å²) in [7, 11) is 1.64. The van der Waals surface area contributed by atoms with Gasteiger partial charge in [0.25, 0.3) is 0 Å². The van der Waals surface area contributed by atoms with Crippen LogP contribution in [0.15, 0.2) is 24.3 Å². The highest BCUT2D eigenvalue weighted by Gasteiger charge is 2.51. The van der Waals surface area contributed by atoms with Crippen LogP contribution in [-0.2, 0) is 20.9 Å². The number of hydrogen-bond acceptors (Lipinski definition) is 5. The van der Waals surface area contributed by atoms with E-state index in [1.807, 2.05) is 29.2 Å². The highest BCUT2D eigenvalue weighted by atomic mass is 16.5. The molecule has 7 nitrogen and oxygen atoms in total. The van der Waals surface area contributed by atoms with Gasteiger partial charge in [0, 0.05) is 45.7 Å². The summed E-state index contributed by atoms with van der Waals surface area (Å²) >= 11 is 0. The third-order valence-corrected chi connectivity index (χ3v) is 6.11. The van der Waals surface area contributed by atoms with Gasteiger partial charge in [-0.15, -0.1) is 0 Å². The average Bonchev–Trinajstić information content (AvgIpc) is 3.36. The Kier molecular flexibility index (Phi) is 5.35. The fraction of sp³-hybridized carbons (Fsp3) is 0.571. The van der Waals surface area contributed by atoms with Crippen LogP contribution >= 0.6 is 0 Å². The molecule has 0 aliphatic carbocycles. The van der Waals surface area contributed by atoms with Crippen LogP contribution in [0.3, 0.4) is 0 Å². The van der Waals surface area contributed by atoms with Gasteiger partial charge in [-0.2, -0.15) is 0 Å². The van der Waals surface area contributed by atoms with E-state index >= 15 is 0 Å². The fourth-order valence-corrected chi connectivity index (χ4v) is 4.59. The Morgan fingerprint density at radius 2 is 1.68 bits per heavy atom. The van der Waals surface area contributed by atoms with Crippen LogP contribution in [0.5, 0.6) is 5.75 Å². The number of benzene rings is 1. The van der Waals surface area contributed by atoms with Crippen molar-refractivity contribution in [1.29, 1.82) is 0 Å². The van der Waals surface area contributed by atoms with Gasteiger partial charge in [0.15, 0.2) is 0 Å². The molecule has 7 heteroatoms. The number of fused-ring (bicyclic) bond motifs is 1. The number of carbonyl (C=O) groups excluding carboxylic acids is 3. The second-order valence-electron chi connectivity index (χ2n) is 7.92. The molecule has 2 atom stereocenters. The standard InChI is InChI=1S/C21H27N3O4/c1-28-16-7-5-15(6-8-16)12-22-13-17-18(14-22)21(27)24(20(17)26)11-3-10-23-9-2-4-19(23)25/h5-8,17-18H,2-4,9-14H2,1H3. The molecule has 3 saturated heterocycles. The summed E-state index contributed by atoms with van der Waals surface area (Å²) in [5, 5.41) is 0. The van der Waals surface area contributed by atoms with Gasteiger partial charge < -0.3 is 9.64 Å². The molecule has 3 heterocycles. The number of methoxy groups -OCH3 is 1. The average molecular weight is 385 g/mol. The molecule has 0 spiro atoms. The first kappa shape index (κ1) is 18.9. The molecule has 3 amide bonds. The number of hydrogen-bond donors (Lipinski definition) is 0. The summed E-state index contributed by atoms with van der Waals surface area (Å²) in [6.45, 7) is 3.84. The molecule has 3 aliphatic heterocycles. The van der Waals surface area contributed by atoms with Crippen LogP contribution < -0.4 is 4.74 Å². The highest BCUT2D eigenvalue weighted by Crippen LogP contribution is 2.34. The lowest BCUT2D eigenvalue weighted by molar-refractivity contribution is -0.140. The van der Waals surface area contributed by atoms with Crippen LogP contribution in [0.25, 0.3) is 0 Å². The van der Waals surface area contributed by atoms with Crippen molar-refractivity contribution in [3.05, 3.63) is 29.8 Å². The van der Waals surface area contributed by atoms with Crippen LogP contribution in [0.4, 0.5) is 0 Å². The molecular formula is C21H27N3O4. The Morgan fingerprint density at radius 1 is 1.00 bits per heavy atom. The molecule has 4 rings (SSSR count). The van der Waals surface area contributed by atoms with Crippen molar-refractivity contribution < 1.29 is 19.1 Å². The van der Waals surface area contributed by atoms with E-state index in [0.29, 0.717) is 39.0 Å². The molecule has 0 aromatic heterocycles. The molecule has 2 unspecified atom stereocenters. The molecule has 150 valence electrons. The van der Waals surface area contributed by atoms with Crippen LogP contribution in [0, 0.1) is 11.8 Å². The highest BCUT2D eigenvalue weighted by molar-refractivity contribution is 6.05. The zero-order chi connectivity index (χ0) is 19.7. The maximum absolute atomic E-state index is 12.8. The molecule has 1 aromatic rings. The van der Waals surface area contributed by atoms with Crippen molar-refractivity contribution in [3.8, 4) is 5.75 Å².